The van der Waals surface area contributed by atoms with Gasteiger partial charge in [-0.25, -0.2) is 14.6 Å². The number of fused-ring (bicyclic) bond motifs is 2. The van der Waals surface area contributed by atoms with Crippen LogP contribution in [0.4, 0.5) is 11.4 Å². The first-order chi connectivity index (χ1) is 19.6. The number of carbonyl (C=O) groups excluding carboxylic acids is 4. The largest absolute Gasteiger partial charge is 0.478 e. The molecule has 2 N–H and O–H groups in total. The predicted molar refractivity (Wildman–Crippen MR) is 150 cm³/mol. The van der Waals surface area contributed by atoms with Crippen molar-refractivity contribution in [3.8, 4) is 0 Å². The molecule has 2 heterocycles. The van der Waals surface area contributed by atoms with Gasteiger partial charge >= 0.3 is 5.97 Å². The summed E-state index contributed by atoms with van der Waals surface area (Å²) in [6.45, 7) is 3.70. The summed E-state index contributed by atoms with van der Waals surface area (Å²) >= 11 is 0. The lowest BCUT2D eigenvalue weighted by atomic mass is 10.1. The number of aliphatic hydroxyl groups is 1. The van der Waals surface area contributed by atoms with Gasteiger partial charge in [-0.1, -0.05) is 41.5 Å². The smallest absolute Gasteiger partial charge is 0.335 e. The standard InChI is InChI=1S/C16H11NO4.C16H13NO3/c1-9-2-5-11(6-3-9)17-14(18)12-7-4-10(16(20)21)8-13(12)15(17)19;1-10-2-5-12(6-3-10)17-15(19)13-7-4-11(9-18)8-14(13)16(17)20/h2-8H,1H3,(H,20,21);2-8,18H,9H2,1H3. The minimum absolute atomic E-state index is 0.0133. The van der Waals surface area contributed by atoms with Gasteiger partial charge in [-0.2, -0.15) is 0 Å². The number of carboxylic acid groups (broad SMARTS) is 1. The van der Waals surface area contributed by atoms with Crippen molar-refractivity contribution in [2.45, 2.75) is 20.5 Å². The average molecular weight is 549 g/mol. The van der Waals surface area contributed by atoms with Crippen molar-refractivity contribution in [1.82, 2.24) is 0 Å². The highest BCUT2D eigenvalue weighted by Crippen LogP contribution is 2.30. The molecule has 0 saturated carbocycles. The zero-order valence-electron chi connectivity index (χ0n) is 22.1. The van der Waals surface area contributed by atoms with Crippen LogP contribution in [0.3, 0.4) is 0 Å². The fourth-order valence-corrected chi connectivity index (χ4v) is 4.62. The molecule has 9 heteroatoms. The molecule has 0 aliphatic carbocycles. The fraction of sp³-hybridized carbons (Fsp3) is 0.0938. The molecule has 0 unspecified atom stereocenters. The van der Waals surface area contributed by atoms with Crippen molar-refractivity contribution in [2.75, 3.05) is 9.80 Å². The van der Waals surface area contributed by atoms with E-state index in [4.69, 9.17) is 10.2 Å². The summed E-state index contributed by atoms with van der Waals surface area (Å²) in [6, 6.07) is 23.0. The van der Waals surface area contributed by atoms with Crippen LogP contribution in [-0.4, -0.2) is 39.8 Å². The number of amides is 4. The molecule has 41 heavy (non-hydrogen) atoms. The first-order valence-electron chi connectivity index (χ1n) is 12.6. The van der Waals surface area contributed by atoms with E-state index >= 15 is 0 Å². The van der Waals surface area contributed by atoms with Crippen LogP contribution in [0.2, 0.25) is 0 Å². The number of carbonyl (C=O) groups is 5. The molecule has 4 aromatic carbocycles. The minimum atomic E-state index is -1.13. The Morgan fingerprint density at radius 2 is 1.00 bits per heavy atom. The number of hydrogen-bond acceptors (Lipinski definition) is 6. The predicted octanol–water partition coefficient (Wildman–Crippen LogP) is 4.78. The Balaban J connectivity index is 0.000000165. The number of benzene rings is 4. The lowest BCUT2D eigenvalue weighted by Gasteiger charge is -2.13. The number of hydrogen-bond donors (Lipinski definition) is 2. The molecule has 0 fully saturated rings. The third-order valence-electron chi connectivity index (χ3n) is 6.85. The third kappa shape index (κ3) is 4.90. The van der Waals surface area contributed by atoms with Gasteiger partial charge in [0.25, 0.3) is 23.6 Å². The van der Waals surface area contributed by atoms with E-state index in [1.807, 2.05) is 38.1 Å². The molecule has 4 amide bonds. The van der Waals surface area contributed by atoms with E-state index in [0.29, 0.717) is 28.1 Å². The molecule has 4 aromatic rings. The number of carboxylic acids is 1. The van der Waals surface area contributed by atoms with E-state index in [9.17, 15) is 24.0 Å². The highest BCUT2D eigenvalue weighted by atomic mass is 16.4. The van der Waals surface area contributed by atoms with E-state index in [0.717, 1.165) is 16.0 Å². The Morgan fingerprint density at radius 3 is 1.44 bits per heavy atom. The molecule has 0 atom stereocenters. The van der Waals surface area contributed by atoms with Crippen molar-refractivity contribution in [3.05, 3.63) is 129 Å². The van der Waals surface area contributed by atoms with Crippen molar-refractivity contribution in [3.63, 3.8) is 0 Å². The van der Waals surface area contributed by atoms with Crippen LogP contribution in [-0.2, 0) is 6.61 Å². The molecule has 2 aliphatic heterocycles. The van der Waals surface area contributed by atoms with Gasteiger partial charge in [0.15, 0.2) is 0 Å². The van der Waals surface area contributed by atoms with E-state index in [-0.39, 0.29) is 35.1 Å². The fourth-order valence-electron chi connectivity index (χ4n) is 4.62. The van der Waals surface area contributed by atoms with Crippen LogP contribution in [0.1, 0.15) is 68.5 Å². The number of anilines is 2. The lowest BCUT2D eigenvalue weighted by molar-refractivity contribution is 0.0695. The summed E-state index contributed by atoms with van der Waals surface area (Å²) in [6.07, 6.45) is 0. The third-order valence-corrected chi connectivity index (χ3v) is 6.85. The summed E-state index contributed by atoms with van der Waals surface area (Å²) in [7, 11) is 0. The molecule has 204 valence electrons. The Kier molecular flexibility index (Phi) is 7.04. The van der Waals surface area contributed by atoms with Crippen LogP contribution >= 0.6 is 0 Å². The van der Waals surface area contributed by atoms with E-state index in [2.05, 4.69) is 0 Å². The van der Waals surface area contributed by atoms with Gasteiger partial charge in [0.2, 0.25) is 0 Å². The molecular formula is C32H24N2O7. The van der Waals surface area contributed by atoms with Crippen molar-refractivity contribution < 1.29 is 34.2 Å². The van der Waals surface area contributed by atoms with Gasteiger partial charge < -0.3 is 10.2 Å². The Bertz CT molecular complexity index is 1740. The normalized spacial score (nSPS) is 13.6. The average Bonchev–Trinajstić information content (AvgIpc) is 3.37. The summed E-state index contributed by atoms with van der Waals surface area (Å²) in [5.41, 5.74) is 4.81. The van der Waals surface area contributed by atoms with Gasteiger partial charge in [-0.05, 0) is 74.0 Å². The van der Waals surface area contributed by atoms with E-state index in [1.165, 1.54) is 23.1 Å². The van der Waals surface area contributed by atoms with Gasteiger partial charge in [0.05, 0.1) is 45.8 Å². The highest BCUT2D eigenvalue weighted by Gasteiger charge is 2.38. The number of nitrogens with zero attached hydrogens (tertiary/aromatic N) is 2. The van der Waals surface area contributed by atoms with Crippen LogP contribution in [0.15, 0.2) is 84.9 Å². The second kappa shape index (κ2) is 10.6. The highest BCUT2D eigenvalue weighted by molar-refractivity contribution is 6.35. The Hall–Kier alpha value is -5.41. The van der Waals surface area contributed by atoms with Crippen LogP contribution < -0.4 is 9.80 Å². The summed E-state index contributed by atoms with van der Waals surface area (Å²) in [5, 5.41) is 18.1. The molecule has 9 nitrogen and oxygen atoms in total. The van der Waals surface area contributed by atoms with E-state index in [1.54, 1.807) is 42.5 Å². The lowest BCUT2D eigenvalue weighted by Crippen LogP contribution is -2.29. The molecule has 2 aliphatic rings. The number of aromatic carboxylic acids is 1. The molecule has 0 bridgehead atoms. The zero-order chi connectivity index (χ0) is 29.4. The molecule has 0 spiro atoms. The molecule has 0 saturated heterocycles. The Labute approximate surface area is 234 Å². The molecule has 0 radical (unpaired) electrons. The number of aliphatic hydroxyl groups excluding tert-OH is 1. The maximum Gasteiger partial charge on any atom is 0.335 e. The first-order valence-corrected chi connectivity index (χ1v) is 12.6. The van der Waals surface area contributed by atoms with Crippen LogP contribution in [0.5, 0.6) is 0 Å². The maximum atomic E-state index is 12.4. The zero-order valence-corrected chi connectivity index (χ0v) is 22.1. The quantitative estimate of drug-likeness (QED) is 0.351. The van der Waals surface area contributed by atoms with Gasteiger partial charge in [0.1, 0.15) is 0 Å². The second-order valence-corrected chi connectivity index (χ2v) is 9.67. The number of aryl methyl sites for hydroxylation is 2. The van der Waals surface area contributed by atoms with Gasteiger partial charge in [0, 0.05) is 0 Å². The SMILES string of the molecule is Cc1ccc(N2C(=O)c3ccc(C(=O)O)cc3C2=O)cc1.Cc1ccc(N2C(=O)c3ccc(CO)cc3C2=O)cc1. The molecular weight excluding hydrogens is 524 g/mol. The molecule has 6 rings (SSSR count). The maximum absolute atomic E-state index is 12.4. The van der Waals surface area contributed by atoms with Crippen LogP contribution in [0, 0.1) is 13.8 Å². The second-order valence-electron chi connectivity index (χ2n) is 9.67. The summed E-state index contributed by atoms with van der Waals surface area (Å²) < 4.78 is 0. The van der Waals surface area contributed by atoms with Gasteiger partial charge in [-0.15, -0.1) is 0 Å². The van der Waals surface area contributed by atoms with E-state index < -0.39 is 17.8 Å². The van der Waals surface area contributed by atoms with Crippen molar-refractivity contribution in [2.24, 2.45) is 0 Å². The first kappa shape index (κ1) is 27.2. The monoisotopic (exact) mass is 548 g/mol. The Morgan fingerprint density at radius 1 is 0.585 bits per heavy atom. The number of imide groups is 2. The van der Waals surface area contributed by atoms with Crippen molar-refractivity contribution >= 4 is 41.0 Å². The topological polar surface area (TPSA) is 132 Å². The van der Waals surface area contributed by atoms with Gasteiger partial charge in [-0.3, -0.25) is 19.2 Å². The number of rotatable bonds is 4. The summed E-state index contributed by atoms with van der Waals surface area (Å²) in [4.78, 5) is 62.6. The summed E-state index contributed by atoms with van der Waals surface area (Å²) in [5.74, 6) is -2.73. The van der Waals surface area contributed by atoms with Crippen molar-refractivity contribution in [1.29, 1.82) is 0 Å². The van der Waals surface area contributed by atoms with Crippen LogP contribution in [0.25, 0.3) is 0 Å². The minimum Gasteiger partial charge on any atom is -0.478 e. The molecule has 0 aromatic heterocycles.